The average molecular weight is 446 g/mol. The van der Waals surface area contributed by atoms with Gasteiger partial charge in [-0.2, -0.15) is 0 Å². The van der Waals surface area contributed by atoms with Crippen LogP contribution in [0.4, 0.5) is 0 Å². The quantitative estimate of drug-likeness (QED) is 0.515. The van der Waals surface area contributed by atoms with Crippen molar-refractivity contribution in [2.45, 2.75) is 19.8 Å². The topological polar surface area (TPSA) is 104 Å². The Morgan fingerprint density at radius 3 is 2.58 bits per heavy atom. The molecule has 33 heavy (non-hydrogen) atoms. The van der Waals surface area contributed by atoms with Gasteiger partial charge < -0.3 is 19.8 Å². The Hall–Kier alpha value is -4.20. The molecule has 2 heterocycles. The number of methoxy groups -OCH3 is 1. The molecular weight excluding hydrogens is 418 g/mol. The third-order valence-corrected chi connectivity index (χ3v) is 5.20. The summed E-state index contributed by atoms with van der Waals surface area (Å²) in [5, 5.41) is 0. The summed E-state index contributed by atoms with van der Waals surface area (Å²) in [6.07, 6.45) is 10.3. The Morgan fingerprint density at radius 1 is 1.30 bits per heavy atom. The van der Waals surface area contributed by atoms with E-state index in [1.54, 1.807) is 44.8 Å². The minimum atomic E-state index is -0.586. The summed E-state index contributed by atoms with van der Waals surface area (Å²) >= 11 is 0. The monoisotopic (exact) mass is 445 g/mol. The van der Waals surface area contributed by atoms with Crippen molar-refractivity contribution in [1.29, 1.82) is 0 Å². The minimum absolute atomic E-state index is 0.00668. The van der Waals surface area contributed by atoms with Crippen LogP contribution in [0.25, 0.3) is 5.69 Å². The maximum atomic E-state index is 12.8. The van der Waals surface area contributed by atoms with Crippen LogP contribution in [-0.2, 0) is 14.3 Å². The van der Waals surface area contributed by atoms with E-state index >= 15 is 0 Å². The van der Waals surface area contributed by atoms with Crippen LogP contribution in [0.2, 0.25) is 0 Å². The Balaban J connectivity index is 2.21. The van der Waals surface area contributed by atoms with Crippen LogP contribution in [0.1, 0.15) is 25.3 Å². The van der Waals surface area contributed by atoms with Crippen LogP contribution in [0, 0.1) is 0 Å². The molecule has 8 heteroatoms. The van der Waals surface area contributed by atoms with Gasteiger partial charge in [0.25, 0.3) is 0 Å². The zero-order valence-electron chi connectivity index (χ0n) is 19.1. The number of ether oxygens (including phenoxy) is 2. The number of nitrogens with two attached hydrogens (primary N) is 1. The molecule has 1 unspecified atom stereocenters. The highest BCUT2D eigenvalue weighted by atomic mass is 16.5. The molecule has 0 amide bonds. The van der Waals surface area contributed by atoms with Gasteiger partial charge >= 0.3 is 5.97 Å². The fourth-order valence-corrected chi connectivity index (χ4v) is 3.72. The maximum Gasteiger partial charge on any atom is 0.340 e. The van der Waals surface area contributed by atoms with Crippen LogP contribution in [0.15, 0.2) is 101 Å². The summed E-state index contributed by atoms with van der Waals surface area (Å²) in [5.74, 6) is -0.660. The number of hydrogen-bond donors (Lipinski definition) is 1. The molecule has 1 aliphatic rings. The van der Waals surface area contributed by atoms with Gasteiger partial charge in [0.1, 0.15) is 11.3 Å². The molecule has 2 aromatic rings. The van der Waals surface area contributed by atoms with Gasteiger partial charge in [-0.1, -0.05) is 24.8 Å². The normalized spacial score (nSPS) is 17.4. The zero-order chi connectivity index (χ0) is 24.0. The fourth-order valence-electron chi connectivity index (χ4n) is 3.72. The lowest BCUT2D eigenvalue weighted by Crippen LogP contribution is -2.31. The summed E-state index contributed by atoms with van der Waals surface area (Å²) in [6.45, 7) is 7.53. The zero-order valence-corrected chi connectivity index (χ0v) is 19.1. The number of aliphatic imine (C=N–C) groups is 2. The van der Waals surface area contributed by atoms with E-state index in [4.69, 9.17) is 15.2 Å². The van der Waals surface area contributed by atoms with E-state index in [0.717, 1.165) is 11.3 Å². The summed E-state index contributed by atoms with van der Waals surface area (Å²) in [5.41, 5.74) is 9.86. The van der Waals surface area contributed by atoms with Gasteiger partial charge in [0.15, 0.2) is 0 Å². The van der Waals surface area contributed by atoms with Gasteiger partial charge in [-0.3, -0.25) is 9.98 Å². The predicted octanol–water partition coefficient (Wildman–Crippen LogP) is 3.83. The van der Waals surface area contributed by atoms with Crippen molar-refractivity contribution < 1.29 is 14.3 Å². The van der Waals surface area contributed by atoms with E-state index in [0.29, 0.717) is 22.8 Å². The molecule has 0 radical (unpaired) electrons. The van der Waals surface area contributed by atoms with Crippen molar-refractivity contribution in [1.82, 2.24) is 9.55 Å². The predicted molar refractivity (Wildman–Crippen MR) is 129 cm³/mol. The average Bonchev–Trinajstić information content (AvgIpc) is 3.37. The van der Waals surface area contributed by atoms with Crippen LogP contribution in [0.3, 0.4) is 0 Å². The van der Waals surface area contributed by atoms with Crippen LogP contribution >= 0.6 is 0 Å². The highest BCUT2D eigenvalue weighted by Gasteiger charge is 2.38. The molecule has 1 aromatic carbocycles. The Kier molecular flexibility index (Phi) is 7.40. The first-order valence-electron chi connectivity index (χ1n) is 10.3. The molecule has 0 bridgehead atoms. The number of aromatic nitrogens is 2. The first-order valence-corrected chi connectivity index (χ1v) is 10.3. The molecule has 2 N–H and O–H groups in total. The Labute approximate surface area is 193 Å². The van der Waals surface area contributed by atoms with Crippen LogP contribution < -0.4 is 5.73 Å². The highest BCUT2D eigenvalue weighted by Crippen LogP contribution is 2.41. The Morgan fingerprint density at radius 2 is 2.03 bits per heavy atom. The van der Waals surface area contributed by atoms with Crippen molar-refractivity contribution in [3.05, 3.63) is 96.3 Å². The smallest absolute Gasteiger partial charge is 0.340 e. The molecule has 8 nitrogen and oxygen atoms in total. The van der Waals surface area contributed by atoms with Gasteiger partial charge in [-0.25, -0.2) is 9.78 Å². The van der Waals surface area contributed by atoms with Gasteiger partial charge in [0.05, 0.1) is 30.8 Å². The maximum absolute atomic E-state index is 12.8. The summed E-state index contributed by atoms with van der Waals surface area (Å²) in [7, 11) is 2.97. The summed E-state index contributed by atoms with van der Waals surface area (Å²) in [6, 6.07) is 7.74. The molecule has 0 saturated heterocycles. The molecule has 1 aromatic heterocycles. The second-order valence-corrected chi connectivity index (χ2v) is 7.11. The molecule has 0 spiro atoms. The van der Waals surface area contributed by atoms with E-state index in [-0.39, 0.29) is 11.5 Å². The van der Waals surface area contributed by atoms with E-state index in [1.165, 1.54) is 7.11 Å². The fraction of sp³-hybridized carbons (Fsp3) is 0.200. The van der Waals surface area contributed by atoms with Crippen molar-refractivity contribution >= 4 is 17.4 Å². The van der Waals surface area contributed by atoms with Crippen LogP contribution in [0.5, 0.6) is 0 Å². The lowest BCUT2D eigenvalue weighted by atomic mass is 9.79. The number of carbonyl (C=O) groups excluding carboxylic acids is 1. The third-order valence-electron chi connectivity index (χ3n) is 5.20. The third kappa shape index (κ3) is 4.69. The van der Waals surface area contributed by atoms with Crippen molar-refractivity contribution in [3.8, 4) is 5.69 Å². The van der Waals surface area contributed by atoms with Crippen molar-refractivity contribution in [3.63, 3.8) is 0 Å². The first-order chi connectivity index (χ1) is 16.0. The highest BCUT2D eigenvalue weighted by molar-refractivity contribution is 6.52. The number of rotatable bonds is 7. The van der Waals surface area contributed by atoms with Crippen molar-refractivity contribution in [2.24, 2.45) is 15.7 Å². The van der Waals surface area contributed by atoms with Crippen LogP contribution in [-0.4, -0.2) is 41.1 Å². The second-order valence-electron chi connectivity index (χ2n) is 7.11. The summed E-state index contributed by atoms with van der Waals surface area (Å²) in [4.78, 5) is 25.8. The number of hydrogen-bond acceptors (Lipinski definition) is 7. The molecular formula is C25H27N5O3. The number of carbonyl (C=O) groups is 1. The van der Waals surface area contributed by atoms with Gasteiger partial charge in [-0.15, -0.1) is 0 Å². The largest absolute Gasteiger partial charge is 0.465 e. The van der Waals surface area contributed by atoms with E-state index in [2.05, 4.69) is 21.5 Å². The number of imidazole rings is 1. The second kappa shape index (κ2) is 10.4. The van der Waals surface area contributed by atoms with E-state index < -0.39 is 11.9 Å². The van der Waals surface area contributed by atoms with E-state index in [1.807, 2.05) is 42.0 Å². The minimum Gasteiger partial charge on any atom is -0.465 e. The number of benzene rings is 1. The molecule has 0 saturated carbocycles. The number of esters is 1. The molecule has 1 aliphatic heterocycles. The van der Waals surface area contributed by atoms with Gasteiger partial charge in [0.2, 0.25) is 5.88 Å². The lowest BCUT2D eigenvalue weighted by molar-refractivity contribution is -0.136. The van der Waals surface area contributed by atoms with Crippen molar-refractivity contribution in [2.75, 3.05) is 14.2 Å². The first kappa shape index (κ1) is 23.5. The molecule has 0 fully saturated rings. The standard InChI is InChI=1S/C25H27N5O3/c1-6-12-29-19(7-2)23(27-4)20-16(3)33-24(26)22(25(31)32-5)21(20)17-8-10-18(11-9-17)30-14-13-28-15-30/h6-15,21H,2,26H2,1,3-5H3/b12-6-,27-23?,29-19?. The number of nitrogens with zero attached hydrogens (tertiary/aromatic N) is 4. The molecule has 3 rings (SSSR count). The molecule has 170 valence electrons. The summed E-state index contributed by atoms with van der Waals surface area (Å²) < 4.78 is 12.7. The molecule has 0 aliphatic carbocycles. The van der Waals surface area contributed by atoms with Gasteiger partial charge in [-0.05, 0) is 37.6 Å². The lowest BCUT2D eigenvalue weighted by Gasteiger charge is -2.30. The number of allylic oxidation sites excluding steroid dienone is 4. The van der Waals surface area contributed by atoms with Gasteiger partial charge in [0, 0.05) is 36.9 Å². The SMILES string of the molecule is C=CC(=N/C=C\C)C(=NC)C1=C(C)OC(N)=C(C(=O)OC)C1c1ccc(-n2ccnc2)cc1. The Bertz CT molecular complexity index is 1180. The molecule has 1 atom stereocenters. The van der Waals surface area contributed by atoms with E-state index in [9.17, 15) is 4.79 Å².